The van der Waals surface area contributed by atoms with E-state index in [0.29, 0.717) is 0 Å². The van der Waals surface area contributed by atoms with Crippen LogP contribution in [0.4, 0.5) is 0 Å². The summed E-state index contributed by atoms with van der Waals surface area (Å²) in [7, 11) is 0. The van der Waals surface area contributed by atoms with Gasteiger partial charge in [-0.15, -0.1) is 0 Å². The molecule has 1 heterocycles. The van der Waals surface area contributed by atoms with Crippen LogP contribution >= 0.6 is 11.6 Å². The number of nitrogens with zero attached hydrogens (tertiary/aromatic N) is 2. The molecule has 3 heteroatoms. The van der Waals surface area contributed by atoms with Crippen LogP contribution in [0.15, 0.2) is 30.3 Å². The van der Waals surface area contributed by atoms with Crippen LogP contribution in [-0.4, -0.2) is 9.78 Å². The van der Waals surface area contributed by atoms with Gasteiger partial charge in [-0.05, 0) is 31.2 Å². The molecule has 0 fully saturated rings. The summed E-state index contributed by atoms with van der Waals surface area (Å²) in [5, 5.41) is 5.47. The Labute approximate surface area is 106 Å². The van der Waals surface area contributed by atoms with E-state index >= 15 is 0 Å². The monoisotopic (exact) mass is 246 g/mol. The molecule has 1 aliphatic carbocycles. The maximum Gasteiger partial charge on any atom is 0.130 e. The first-order chi connectivity index (χ1) is 8.34. The molecule has 1 aliphatic rings. The van der Waals surface area contributed by atoms with Crippen molar-refractivity contribution >= 4 is 11.6 Å². The lowest BCUT2D eigenvalue weighted by molar-refractivity contribution is 0.646. The van der Waals surface area contributed by atoms with Crippen molar-refractivity contribution in [1.82, 2.24) is 9.78 Å². The topological polar surface area (TPSA) is 17.8 Å². The molecule has 0 saturated carbocycles. The summed E-state index contributed by atoms with van der Waals surface area (Å²) in [4.78, 5) is 0. The molecule has 0 N–H and O–H groups in total. The zero-order valence-electron chi connectivity index (χ0n) is 9.69. The molecule has 17 heavy (non-hydrogen) atoms. The average Bonchev–Trinajstić information content (AvgIpc) is 2.68. The molecule has 88 valence electrons. The van der Waals surface area contributed by atoms with E-state index in [0.717, 1.165) is 24.5 Å². The number of hydrogen-bond donors (Lipinski definition) is 0. The van der Waals surface area contributed by atoms with Gasteiger partial charge in [0.2, 0.25) is 0 Å². The maximum absolute atomic E-state index is 6.39. The zero-order chi connectivity index (χ0) is 11.7. The Morgan fingerprint density at radius 3 is 2.65 bits per heavy atom. The molecule has 0 atom stereocenters. The average molecular weight is 247 g/mol. The predicted octanol–water partition coefficient (Wildman–Crippen LogP) is 3.46. The third kappa shape index (κ3) is 2.09. The second-order valence-electron chi connectivity index (χ2n) is 4.57. The normalized spacial score (nSPS) is 14.6. The summed E-state index contributed by atoms with van der Waals surface area (Å²) in [6.45, 7) is 0.771. The van der Waals surface area contributed by atoms with Crippen molar-refractivity contribution in [2.45, 2.75) is 32.2 Å². The second kappa shape index (κ2) is 4.53. The first-order valence-corrected chi connectivity index (χ1v) is 6.50. The van der Waals surface area contributed by atoms with Crippen LogP contribution in [-0.2, 0) is 19.4 Å². The Hall–Kier alpha value is -1.28. The van der Waals surface area contributed by atoms with E-state index in [2.05, 4.69) is 17.2 Å². The van der Waals surface area contributed by atoms with Gasteiger partial charge >= 0.3 is 0 Å². The molecule has 1 aromatic carbocycles. The number of halogens is 1. The Balaban J connectivity index is 1.91. The maximum atomic E-state index is 6.39. The van der Waals surface area contributed by atoms with Gasteiger partial charge in [0.05, 0.1) is 12.2 Å². The van der Waals surface area contributed by atoms with Crippen LogP contribution in [0.3, 0.4) is 0 Å². The third-order valence-electron chi connectivity index (χ3n) is 3.33. The van der Waals surface area contributed by atoms with Gasteiger partial charge in [-0.3, -0.25) is 0 Å². The van der Waals surface area contributed by atoms with Gasteiger partial charge in [0.15, 0.2) is 0 Å². The van der Waals surface area contributed by atoms with Gasteiger partial charge in [-0.25, -0.2) is 4.68 Å². The van der Waals surface area contributed by atoms with Crippen molar-refractivity contribution in [2.24, 2.45) is 0 Å². The minimum atomic E-state index is 0.771. The van der Waals surface area contributed by atoms with Crippen molar-refractivity contribution in [2.75, 3.05) is 0 Å². The lowest BCUT2D eigenvalue weighted by Gasteiger charge is -2.08. The molecule has 0 unspecified atom stereocenters. The minimum absolute atomic E-state index is 0.771. The van der Waals surface area contributed by atoms with Crippen molar-refractivity contribution in [1.29, 1.82) is 0 Å². The molecule has 2 nitrogen and oxygen atoms in total. The second-order valence-corrected chi connectivity index (χ2v) is 4.92. The summed E-state index contributed by atoms with van der Waals surface area (Å²) in [5.41, 5.74) is 3.72. The van der Waals surface area contributed by atoms with Gasteiger partial charge < -0.3 is 0 Å². The SMILES string of the molecule is Clc1c2c(nn1Cc1ccccc1)CCCC2. The lowest BCUT2D eigenvalue weighted by atomic mass is 9.99. The summed E-state index contributed by atoms with van der Waals surface area (Å²) in [6.07, 6.45) is 4.65. The van der Waals surface area contributed by atoms with E-state index in [1.807, 2.05) is 22.9 Å². The number of aromatic nitrogens is 2. The number of benzene rings is 1. The van der Waals surface area contributed by atoms with Crippen molar-refractivity contribution in [3.05, 3.63) is 52.3 Å². The van der Waals surface area contributed by atoms with Crippen LogP contribution in [0.2, 0.25) is 5.15 Å². The molecule has 0 saturated heterocycles. The summed E-state index contributed by atoms with van der Waals surface area (Å²) >= 11 is 6.39. The fourth-order valence-corrected chi connectivity index (χ4v) is 2.73. The molecule has 2 aromatic rings. The highest BCUT2D eigenvalue weighted by molar-refractivity contribution is 6.30. The molecular formula is C14H15ClN2. The van der Waals surface area contributed by atoms with Crippen LogP contribution in [0.25, 0.3) is 0 Å². The molecular weight excluding hydrogens is 232 g/mol. The van der Waals surface area contributed by atoms with Crippen LogP contribution in [0, 0.1) is 0 Å². The number of rotatable bonds is 2. The van der Waals surface area contributed by atoms with E-state index < -0.39 is 0 Å². The fourth-order valence-electron chi connectivity index (χ4n) is 2.43. The highest BCUT2D eigenvalue weighted by atomic mass is 35.5. The molecule has 0 radical (unpaired) electrons. The highest BCUT2D eigenvalue weighted by Crippen LogP contribution is 2.27. The quantitative estimate of drug-likeness (QED) is 0.794. The number of fused-ring (bicyclic) bond motifs is 1. The minimum Gasteiger partial charge on any atom is -0.249 e. The van der Waals surface area contributed by atoms with Crippen LogP contribution in [0.1, 0.15) is 29.7 Å². The Bertz CT molecular complexity index is 517. The van der Waals surface area contributed by atoms with Gasteiger partial charge in [0.1, 0.15) is 5.15 Å². The molecule has 0 amide bonds. The lowest BCUT2D eigenvalue weighted by Crippen LogP contribution is -2.02. The zero-order valence-corrected chi connectivity index (χ0v) is 10.5. The largest absolute Gasteiger partial charge is 0.249 e. The molecule has 0 aliphatic heterocycles. The molecule has 0 bridgehead atoms. The van der Waals surface area contributed by atoms with Gasteiger partial charge in [-0.1, -0.05) is 41.9 Å². The molecule has 1 aromatic heterocycles. The first kappa shape index (κ1) is 10.8. The van der Waals surface area contributed by atoms with E-state index in [4.69, 9.17) is 11.6 Å². The van der Waals surface area contributed by atoms with E-state index in [-0.39, 0.29) is 0 Å². The number of aryl methyl sites for hydroxylation is 1. The van der Waals surface area contributed by atoms with Crippen molar-refractivity contribution in [3.63, 3.8) is 0 Å². The predicted molar refractivity (Wildman–Crippen MR) is 69.4 cm³/mol. The van der Waals surface area contributed by atoms with E-state index in [1.165, 1.54) is 29.7 Å². The van der Waals surface area contributed by atoms with E-state index in [1.54, 1.807) is 0 Å². The first-order valence-electron chi connectivity index (χ1n) is 6.12. The van der Waals surface area contributed by atoms with Gasteiger partial charge in [-0.2, -0.15) is 5.10 Å². The van der Waals surface area contributed by atoms with E-state index in [9.17, 15) is 0 Å². The van der Waals surface area contributed by atoms with Gasteiger partial charge in [0.25, 0.3) is 0 Å². The van der Waals surface area contributed by atoms with Crippen LogP contribution in [0.5, 0.6) is 0 Å². The third-order valence-corrected chi connectivity index (χ3v) is 3.75. The Morgan fingerprint density at radius 1 is 1.12 bits per heavy atom. The molecule has 3 rings (SSSR count). The smallest absolute Gasteiger partial charge is 0.130 e. The van der Waals surface area contributed by atoms with Crippen molar-refractivity contribution in [3.8, 4) is 0 Å². The molecule has 0 spiro atoms. The highest BCUT2D eigenvalue weighted by Gasteiger charge is 2.19. The summed E-state index contributed by atoms with van der Waals surface area (Å²) in [5.74, 6) is 0. The Kier molecular flexibility index (Phi) is 2.89. The standard InChI is InChI=1S/C14H15ClN2/c15-14-12-8-4-5-9-13(12)16-17(14)10-11-6-2-1-3-7-11/h1-3,6-7H,4-5,8-10H2. The van der Waals surface area contributed by atoms with Crippen molar-refractivity contribution < 1.29 is 0 Å². The summed E-state index contributed by atoms with van der Waals surface area (Å²) in [6, 6.07) is 10.3. The van der Waals surface area contributed by atoms with Gasteiger partial charge in [0, 0.05) is 5.56 Å². The number of hydrogen-bond acceptors (Lipinski definition) is 1. The fraction of sp³-hybridized carbons (Fsp3) is 0.357. The summed E-state index contributed by atoms with van der Waals surface area (Å²) < 4.78 is 1.94. The Morgan fingerprint density at radius 2 is 1.88 bits per heavy atom. The van der Waals surface area contributed by atoms with Crippen LogP contribution < -0.4 is 0 Å².